The van der Waals surface area contributed by atoms with Gasteiger partial charge in [-0.2, -0.15) is 0 Å². The first-order chi connectivity index (χ1) is 19.5. The summed E-state index contributed by atoms with van der Waals surface area (Å²) in [5.41, 5.74) is 5.40. The number of piperidine rings is 2. The molecular formula is C32H36ClN5O2. The summed E-state index contributed by atoms with van der Waals surface area (Å²) in [5.74, 6) is 0.115. The van der Waals surface area contributed by atoms with E-state index in [4.69, 9.17) is 11.6 Å². The molecule has 40 heavy (non-hydrogen) atoms. The van der Waals surface area contributed by atoms with Crippen LogP contribution >= 0.6 is 11.6 Å². The molecule has 0 N–H and O–H groups in total. The van der Waals surface area contributed by atoms with Crippen LogP contribution in [-0.4, -0.2) is 68.8 Å². The highest BCUT2D eigenvalue weighted by atomic mass is 35.5. The van der Waals surface area contributed by atoms with Crippen molar-refractivity contribution in [3.63, 3.8) is 0 Å². The van der Waals surface area contributed by atoms with Gasteiger partial charge in [0.2, 0.25) is 0 Å². The van der Waals surface area contributed by atoms with Crippen LogP contribution in [-0.2, 0) is 19.5 Å². The van der Waals surface area contributed by atoms with Crippen LogP contribution in [0.5, 0.6) is 0 Å². The third kappa shape index (κ3) is 4.63. The summed E-state index contributed by atoms with van der Waals surface area (Å²) in [6.07, 6.45) is 12.0. The maximum atomic E-state index is 13.7. The first-order valence-corrected chi connectivity index (χ1v) is 15.1. The molecule has 4 aliphatic rings. The first-order valence-electron chi connectivity index (χ1n) is 14.7. The molecule has 2 fully saturated rings. The van der Waals surface area contributed by atoms with E-state index in [-0.39, 0.29) is 17.9 Å². The second-order valence-electron chi connectivity index (χ2n) is 12.1. The minimum absolute atomic E-state index is 0.00285. The van der Waals surface area contributed by atoms with Gasteiger partial charge in [-0.15, -0.1) is 0 Å². The lowest BCUT2D eigenvalue weighted by Crippen LogP contribution is -2.48. The molecule has 1 unspecified atom stereocenters. The van der Waals surface area contributed by atoms with Crippen molar-refractivity contribution < 1.29 is 9.59 Å². The minimum Gasteiger partial charge on any atom is -0.340 e. The summed E-state index contributed by atoms with van der Waals surface area (Å²) in [5, 5.41) is 0.513. The van der Waals surface area contributed by atoms with Crippen molar-refractivity contribution >= 4 is 23.4 Å². The Morgan fingerprint density at radius 1 is 0.950 bits per heavy atom. The smallest absolute Gasteiger partial charge is 0.272 e. The lowest BCUT2D eigenvalue weighted by molar-refractivity contribution is 0.0285. The molecule has 3 aliphatic heterocycles. The van der Waals surface area contributed by atoms with E-state index in [1.165, 1.54) is 24.0 Å². The highest BCUT2D eigenvalue weighted by Crippen LogP contribution is 2.42. The van der Waals surface area contributed by atoms with Crippen LogP contribution in [0.1, 0.15) is 75.7 Å². The molecule has 1 aliphatic carbocycles. The van der Waals surface area contributed by atoms with Crippen molar-refractivity contribution in [2.45, 2.75) is 57.7 Å². The van der Waals surface area contributed by atoms with Crippen LogP contribution in [0.15, 0.2) is 55.0 Å². The van der Waals surface area contributed by atoms with Gasteiger partial charge >= 0.3 is 0 Å². The van der Waals surface area contributed by atoms with Gasteiger partial charge in [0.15, 0.2) is 0 Å². The molecule has 7 rings (SSSR count). The molecule has 208 valence electrons. The van der Waals surface area contributed by atoms with Gasteiger partial charge in [-0.3, -0.25) is 19.5 Å². The molecule has 2 aromatic heterocycles. The van der Waals surface area contributed by atoms with Crippen LogP contribution in [0.3, 0.4) is 0 Å². The average Bonchev–Trinajstić information content (AvgIpc) is 3.58. The summed E-state index contributed by atoms with van der Waals surface area (Å²) in [6, 6.07) is 12.2. The minimum atomic E-state index is -0.0102. The number of aryl methyl sites for hydroxylation is 1. The number of fused-ring (bicyclic) bond motifs is 2. The van der Waals surface area contributed by atoms with Crippen molar-refractivity contribution in [3.05, 3.63) is 88.0 Å². The van der Waals surface area contributed by atoms with Gasteiger partial charge < -0.3 is 14.4 Å². The molecule has 1 aromatic carbocycles. The summed E-state index contributed by atoms with van der Waals surface area (Å²) in [6.45, 7) is 6.28. The number of nitrogens with zero attached hydrogens (tertiary/aromatic N) is 5. The maximum Gasteiger partial charge on any atom is 0.272 e. The van der Waals surface area contributed by atoms with E-state index >= 15 is 0 Å². The van der Waals surface area contributed by atoms with Crippen LogP contribution in [0, 0.1) is 5.41 Å². The second-order valence-corrected chi connectivity index (χ2v) is 12.5. The number of pyridine rings is 1. The lowest BCUT2D eigenvalue weighted by atomic mass is 9.71. The Morgan fingerprint density at radius 2 is 1.70 bits per heavy atom. The third-order valence-corrected chi connectivity index (χ3v) is 10.3. The molecule has 0 saturated carbocycles. The molecular weight excluding hydrogens is 522 g/mol. The number of carbonyl (C=O) groups is 2. The zero-order chi connectivity index (χ0) is 27.3. The van der Waals surface area contributed by atoms with E-state index in [2.05, 4.69) is 39.0 Å². The van der Waals surface area contributed by atoms with Gasteiger partial charge in [0, 0.05) is 56.9 Å². The van der Waals surface area contributed by atoms with Crippen molar-refractivity contribution in [1.82, 2.24) is 24.3 Å². The standard InChI is InChI=1S/C32H36ClN5O2/c33-27-7-14-36-19-20-38(31(40)29(27)36)28-4-3-24-1-2-25(21-26(24)28)30(39)37-17-10-32(11-18-37)8-15-35(16-9-32)22-23-5-12-34-13-6-23/h1-2,5-7,12-14,21,28H,3-4,8-11,15-20,22H2. The maximum absolute atomic E-state index is 13.7. The van der Waals surface area contributed by atoms with E-state index in [0.29, 0.717) is 22.7 Å². The van der Waals surface area contributed by atoms with Crippen molar-refractivity contribution in [2.75, 3.05) is 32.7 Å². The van der Waals surface area contributed by atoms with Gasteiger partial charge in [-0.25, -0.2) is 0 Å². The fraction of sp³-hybridized carbons (Fsp3) is 0.469. The number of hydrogen-bond donors (Lipinski definition) is 0. The highest BCUT2D eigenvalue weighted by Gasteiger charge is 2.40. The number of carbonyl (C=O) groups excluding carboxylic acids is 2. The fourth-order valence-electron chi connectivity index (χ4n) is 7.44. The SMILES string of the molecule is O=C(c1ccc2c(c1)C(N1CCn3ccc(Cl)c3C1=O)CC2)N1CCC2(CCN(Cc3ccncc3)CC2)CC1. The number of rotatable bonds is 4. The van der Waals surface area contributed by atoms with Gasteiger partial charge in [-0.1, -0.05) is 17.7 Å². The molecule has 1 atom stereocenters. The van der Waals surface area contributed by atoms with Gasteiger partial charge in [0.05, 0.1) is 11.1 Å². The molecule has 8 heteroatoms. The normalized spacial score (nSPS) is 22.4. The lowest BCUT2D eigenvalue weighted by Gasteiger charge is -2.47. The molecule has 5 heterocycles. The van der Waals surface area contributed by atoms with Gasteiger partial charge in [0.1, 0.15) is 5.69 Å². The number of amides is 2. The Morgan fingerprint density at radius 3 is 2.48 bits per heavy atom. The van der Waals surface area contributed by atoms with Crippen LogP contribution in [0.4, 0.5) is 0 Å². The Hall–Kier alpha value is -3.16. The van der Waals surface area contributed by atoms with E-state index in [1.807, 2.05) is 34.1 Å². The second kappa shape index (κ2) is 10.3. The Kier molecular flexibility index (Phi) is 6.67. The molecule has 2 amide bonds. The number of aromatic nitrogens is 2. The number of hydrogen-bond acceptors (Lipinski definition) is 4. The fourth-order valence-corrected chi connectivity index (χ4v) is 7.69. The molecule has 1 spiro atoms. The zero-order valence-corrected chi connectivity index (χ0v) is 23.7. The number of benzene rings is 1. The van der Waals surface area contributed by atoms with Crippen molar-refractivity contribution in [3.8, 4) is 0 Å². The van der Waals surface area contributed by atoms with Crippen LogP contribution < -0.4 is 0 Å². The van der Waals surface area contributed by atoms with Gasteiger partial charge in [0.25, 0.3) is 11.8 Å². The molecule has 0 bridgehead atoms. The van der Waals surface area contributed by atoms with E-state index < -0.39 is 0 Å². The van der Waals surface area contributed by atoms with Crippen molar-refractivity contribution in [1.29, 1.82) is 0 Å². The Bertz CT molecular complexity index is 1420. The Labute approximate surface area is 240 Å². The molecule has 0 radical (unpaired) electrons. The van der Waals surface area contributed by atoms with Crippen molar-refractivity contribution in [2.24, 2.45) is 5.41 Å². The quantitative estimate of drug-likeness (QED) is 0.442. The topological polar surface area (TPSA) is 61.7 Å². The predicted octanol–water partition coefficient (Wildman–Crippen LogP) is 5.20. The zero-order valence-electron chi connectivity index (χ0n) is 22.9. The predicted molar refractivity (Wildman–Crippen MR) is 154 cm³/mol. The number of likely N-dealkylation sites (tertiary alicyclic amines) is 2. The summed E-state index contributed by atoms with van der Waals surface area (Å²) >= 11 is 6.35. The van der Waals surface area contributed by atoms with Crippen LogP contribution in [0.2, 0.25) is 5.02 Å². The number of halogens is 1. The molecule has 2 saturated heterocycles. The summed E-state index contributed by atoms with van der Waals surface area (Å²) < 4.78 is 1.95. The summed E-state index contributed by atoms with van der Waals surface area (Å²) in [4.78, 5) is 37.7. The first kappa shape index (κ1) is 25.8. The van der Waals surface area contributed by atoms with E-state index in [9.17, 15) is 9.59 Å². The highest BCUT2D eigenvalue weighted by molar-refractivity contribution is 6.33. The van der Waals surface area contributed by atoms with Crippen LogP contribution in [0.25, 0.3) is 0 Å². The molecule has 7 nitrogen and oxygen atoms in total. The largest absolute Gasteiger partial charge is 0.340 e. The third-order valence-electron chi connectivity index (χ3n) is 9.96. The monoisotopic (exact) mass is 557 g/mol. The summed E-state index contributed by atoms with van der Waals surface area (Å²) in [7, 11) is 0. The van der Waals surface area contributed by atoms with E-state index in [0.717, 1.165) is 76.1 Å². The average molecular weight is 558 g/mol. The van der Waals surface area contributed by atoms with Gasteiger partial charge in [-0.05, 0) is 104 Å². The van der Waals surface area contributed by atoms with E-state index in [1.54, 1.807) is 6.07 Å². The Balaban J connectivity index is 0.992. The molecule has 3 aromatic rings.